The van der Waals surface area contributed by atoms with E-state index in [1.165, 1.54) is 0 Å². The van der Waals surface area contributed by atoms with Crippen molar-refractivity contribution in [1.29, 1.82) is 0 Å². The lowest BCUT2D eigenvalue weighted by Gasteiger charge is -2.34. The minimum absolute atomic E-state index is 0.148. The molecule has 1 rings (SSSR count). The minimum Gasteiger partial charge on any atom is -0.449 e. The predicted molar refractivity (Wildman–Crippen MR) is 88.9 cm³/mol. The van der Waals surface area contributed by atoms with E-state index < -0.39 is 5.54 Å². The Morgan fingerprint density at radius 1 is 1.36 bits per heavy atom. The van der Waals surface area contributed by atoms with Crippen molar-refractivity contribution in [3.63, 3.8) is 0 Å². The van der Waals surface area contributed by atoms with Crippen molar-refractivity contribution in [2.45, 2.75) is 46.1 Å². The van der Waals surface area contributed by atoms with E-state index in [9.17, 15) is 4.79 Å². The average Bonchev–Trinajstić information content (AvgIpc) is 2.43. The van der Waals surface area contributed by atoms with Crippen molar-refractivity contribution in [2.24, 2.45) is 0 Å². The van der Waals surface area contributed by atoms with Crippen LogP contribution >= 0.6 is 0 Å². The van der Waals surface area contributed by atoms with Crippen LogP contribution in [0.2, 0.25) is 0 Å². The van der Waals surface area contributed by atoms with E-state index in [0.717, 1.165) is 11.3 Å². The van der Waals surface area contributed by atoms with Crippen molar-refractivity contribution in [1.82, 2.24) is 0 Å². The smallest absolute Gasteiger partial charge is 0.414 e. The number of benzene rings is 1. The lowest BCUT2D eigenvalue weighted by Crippen LogP contribution is -2.46. The highest BCUT2D eigenvalue weighted by atomic mass is 16.6. The van der Waals surface area contributed by atoms with Gasteiger partial charge in [0.05, 0.1) is 6.61 Å². The van der Waals surface area contributed by atoms with E-state index in [0.29, 0.717) is 19.4 Å². The van der Waals surface area contributed by atoms with Gasteiger partial charge < -0.3 is 9.84 Å². The summed E-state index contributed by atoms with van der Waals surface area (Å²) in [6.07, 6.45) is 0.964. The van der Waals surface area contributed by atoms with E-state index in [2.05, 4.69) is 11.8 Å². The Bertz CT molecular complexity index is 549. The molecular weight excluding hydrogens is 278 g/mol. The first kappa shape index (κ1) is 18.1. The zero-order valence-electron chi connectivity index (χ0n) is 13.8. The van der Waals surface area contributed by atoms with Gasteiger partial charge in [-0.1, -0.05) is 17.9 Å². The topological polar surface area (TPSA) is 49.8 Å². The highest BCUT2D eigenvalue weighted by molar-refractivity contribution is 5.89. The molecule has 0 aliphatic heterocycles. The van der Waals surface area contributed by atoms with Crippen LogP contribution in [0.15, 0.2) is 24.3 Å². The number of nitrogens with zero attached hydrogens (tertiary/aromatic N) is 1. The normalized spacial score (nSPS) is 10.6. The van der Waals surface area contributed by atoms with Crippen molar-refractivity contribution < 1.29 is 14.6 Å². The Hall–Kier alpha value is -1.99. The summed E-state index contributed by atoms with van der Waals surface area (Å²) in [5.74, 6) is 6.07. The van der Waals surface area contributed by atoms with Gasteiger partial charge in [-0.25, -0.2) is 4.79 Å². The van der Waals surface area contributed by atoms with Crippen LogP contribution in [0.3, 0.4) is 0 Å². The number of ether oxygens (including phenoxy) is 1. The Morgan fingerprint density at radius 3 is 2.68 bits per heavy atom. The maximum Gasteiger partial charge on any atom is 0.414 e. The van der Waals surface area contributed by atoms with Gasteiger partial charge >= 0.3 is 6.09 Å². The summed E-state index contributed by atoms with van der Waals surface area (Å²) in [6.45, 7) is 8.17. The quantitative estimate of drug-likeness (QED) is 0.683. The molecule has 0 saturated carbocycles. The number of amides is 1. The zero-order chi connectivity index (χ0) is 16.6. The Morgan fingerprint density at radius 2 is 2.09 bits per heavy atom. The predicted octanol–water partition coefficient (Wildman–Crippen LogP) is 3.57. The third kappa shape index (κ3) is 5.42. The number of hydrogen-bond donors (Lipinski definition) is 1. The fourth-order valence-electron chi connectivity index (χ4n) is 2.01. The highest BCUT2D eigenvalue weighted by Crippen LogP contribution is 2.25. The molecule has 1 aromatic carbocycles. The number of anilines is 1. The first-order valence-electron chi connectivity index (χ1n) is 7.57. The van der Waals surface area contributed by atoms with Crippen LogP contribution in [-0.4, -0.2) is 30.0 Å². The van der Waals surface area contributed by atoms with Crippen molar-refractivity contribution >= 4 is 11.8 Å². The molecule has 1 aromatic rings. The van der Waals surface area contributed by atoms with E-state index in [1.807, 2.05) is 45.0 Å². The zero-order valence-corrected chi connectivity index (χ0v) is 13.8. The molecule has 0 radical (unpaired) electrons. The molecule has 0 aromatic heterocycles. The summed E-state index contributed by atoms with van der Waals surface area (Å²) in [4.78, 5) is 13.9. The molecule has 0 aliphatic carbocycles. The Kier molecular flexibility index (Phi) is 6.94. The summed E-state index contributed by atoms with van der Waals surface area (Å²) in [5, 5.41) is 8.76. The fourth-order valence-corrected chi connectivity index (χ4v) is 2.01. The summed E-state index contributed by atoms with van der Waals surface area (Å²) >= 11 is 0. The number of carbonyl (C=O) groups is 1. The standard InChI is InChI=1S/C18H25NO3/c1-5-22-17(21)19(18(2,3)4)16-12-9-11-15(14-16)10-7-6-8-13-20/h9,11-12,14,20H,5-6,8,13H2,1-4H3. The maximum atomic E-state index is 12.2. The average molecular weight is 303 g/mol. The SMILES string of the molecule is CCOC(=O)N(c1cccc(C#CCCCO)c1)C(C)(C)C. The van der Waals surface area contributed by atoms with Gasteiger partial charge in [-0.15, -0.1) is 0 Å². The molecule has 0 saturated heterocycles. The van der Waals surface area contributed by atoms with Gasteiger partial charge in [-0.3, -0.25) is 4.90 Å². The molecule has 0 bridgehead atoms. The molecule has 0 fully saturated rings. The van der Waals surface area contributed by atoms with Crippen LogP contribution in [0.25, 0.3) is 0 Å². The number of rotatable bonds is 4. The summed E-state index contributed by atoms with van der Waals surface area (Å²) in [6, 6.07) is 7.54. The van der Waals surface area contributed by atoms with Gasteiger partial charge in [-0.05, 0) is 52.3 Å². The van der Waals surface area contributed by atoms with Crippen LogP contribution in [0.5, 0.6) is 0 Å². The molecular formula is C18H25NO3. The molecule has 22 heavy (non-hydrogen) atoms. The molecule has 1 N–H and O–H groups in total. The monoisotopic (exact) mass is 303 g/mol. The second kappa shape index (κ2) is 8.45. The molecule has 120 valence electrons. The molecule has 4 nitrogen and oxygen atoms in total. The molecule has 0 atom stereocenters. The summed E-state index contributed by atoms with van der Waals surface area (Å²) in [7, 11) is 0. The maximum absolute atomic E-state index is 12.2. The van der Waals surface area contributed by atoms with Gasteiger partial charge in [0.2, 0.25) is 0 Å². The second-order valence-corrected chi connectivity index (χ2v) is 5.88. The first-order chi connectivity index (χ1) is 10.4. The van der Waals surface area contributed by atoms with Crippen LogP contribution in [0.1, 0.15) is 46.1 Å². The number of carbonyl (C=O) groups excluding carboxylic acids is 1. The molecule has 0 heterocycles. The third-order valence-corrected chi connectivity index (χ3v) is 2.92. The summed E-state index contributed by atoms with van der Waals surface area (Å²) in [5.41, 5.74) is 1.21. The largest absolute Gasteiger partial charge is 0.449 e. The van der Waals surface area contributed by atoms with Crippen LogP contribution < -0.4 is 4.90 Å². The van der Waals surface area contributed by atoms with Crippen LogP contribution in [0, 0.1) is 11.8 Å². The van der Waals surface area contributed by atoms with Gasteiger partial charge in [0.1, 0.15) is 0 Å². The molecule has 0 aliphatic rings. The van der Waals surface area contributed by atoms with Crippen molar-refractivity contribution in [3.05, 3.63) is 29.8 Å². The molecule has 0 unspecified atom stereocenters. The number of hydrogen-bond acceptors (Lipinski definition) is 3. The highest BCUT2D eigenvalue weighted by Gasteiger charge is 2.29. The van der Waals surface area contributed by atoms with E-state index in [1.54, 1.807) is 11.8 Å². The summed E-state index contributed by atoms with van der Waals surface area (Å²) < 4.78 is 5.16. The minimum atomic E-state index is -0.394. The molecule has 0 spiro atoms. The van der Waals surface area contributed by atoms with Crippen LogP contribution in [0.4, 0.5) is 10.5 Å². The van der Waals surface area contributed by atoms with Gasteiger partial charge in [0.15, 0.2) is 0 Å². The van der Waals surface area contributed by atoms with Crippen molar-refractivity contribution in [2.75, 3.05) is 18.1 Å². The van der Waals surface area contributed by atoms with Gasteiger partial charge in [0.25, 0.3) is 0 Å². The Balaban J connectivity index is 3.05. The van der Waals surface area contributed by atoms with Gasteiger partial charge in [0, 0.05) is 29.8 Å². The van der Waals surface area contributed by atoms with Crippen LogP contribution in [-0.2, 0) is 4.74 Å². The van der Waals surface area contributed by atoms with Gasteiger partial charge in [-0.2, -0.15) is 0 Å². The number of aliphatic hydroxyl groups is 1. The Labute approximate surface area is 133 Å². The van der Waals surface area contributed by atoms with Crippen molar-refractivity contribution in [3.8, 4) is 11.8 Å². The third-order valence-electron chi connectivity index (χ3n) is 2.92. The first-order valence-corrected chi connectivity index (χ1v) is 7.57. The lowest BCUT2D eigenvalue weighted by atomic mass is 10.0. The number of unbranched alkanes of at least 4 members (excludes halogenated alkanes) is 1. The van der Waals surface area contributed by atoms with E-state index in [4.69, 9.17) is 9.84 Å². The lowest BCUT2D eigenvalue weighted by molar-refractivity contribution is 0.154. The van der Waals surface area contributed by atoms with E-state index in [-0.39, 0.29) is 12.7 Å². The second-order valence-electron chi connectivity index (χ2n) is 5.88. The molecule has 1 amide bonds. The number of aliphatic hydroxyl groups excluding tert-OH is 1. The molecule has 4 heteroatoms. The van der Waals surface area contributed by atoms with E-state index >= 15 is 0 Å². The fraction of sp³-hybridized carbons (Fsp3) is 0.500.